The topological polar surface area (TPSA) is 258 Å². The van der Waals surface area contributed by atoms with E-state index < -0.39 is 82.2 Å². The van der Waals surface area contributed by atoms with Crippen LogP contribution in [0.1, 0.15) is 43.5 Å². The summed E-state index contributed by atoms with van der Waals surface area (Å²) in [6.45, 7) is 1.39. The van der Waals surface area contributed by atoms with Crippen LogP contribution < -0.4 is 10.6 Å². The van der Waals surface area contributed by atoms with E-state index >= 15 is 0 Å². The third-order valence-electron chi connectivity index (χ3n) is 7.13. The number of fused-ring (bicyclic) bond motifs is 2. The molecule has 2 aromatic rings. The second-order valence-corrected chi connectivity index (χ2v) is 11.1. The maximum absolute atomic E-state index is 12.6. The van der Waals surface area contributed by atoms with Crippen molar-refractivity contribution in [3.8, 4) is 12.1 Å². The van der Waals surface area contributed by atoms with Crippen LogP contribution >= 0.6 is 23.2 Å². The molecule has 2 atom stereocenters. The number of hydrogen-bond donors (Lipinski definition) is 7. The van der Waals surface area contributed by atoms with Crippen LogP contribution in [0.5, 0.6) is 0 Å². The molecule has 16 heteroatoms. The Bertz CT molecular complexity index is 1840. The average molecular weight is 687 g/mol. The van der Waals surface area contributed by atoms with Gasteiger partial charge in [0.2, 0.25) is 0 Å². The summed E-state index contributed by atoms with van der Waals surface area (Å²) in [6.07, 6.45) is -1.82. The number of amides is 2. The Kier molecular flexibility index (Phi) is 11.7. The van der Waals surface area contributed by atoms with Gasteiger partial charge in [0.25, 0.3) is 11.8 Å². The number of carbonyl (C=O) groups is 5. The summed E-state index contributed by atoms with van der Waals surface area (Å²) in [5, 5.41) is 70.1. The van der Waals surface area contributed by atoms with E-state index in [0.717, 1.165) is 0 Å². The number of ketones is 2. The lowest BCUT2D eigenvalue weighted by molar-refractivity contribution is -0.138. The lowest BCUT2D eigenvalue weighted by Gasteiger charge is -2.29. The molecule has 2 aliphatic carbocycles. The molecule has 47 heavy (non-hydrogen) atoms. The number of nitrogens with one attached hydrogen (secondary N) is 2. The van der Waals surface area contributed by atoms with E-state index in [1.807, 2.05) is 17.5 Å². The van der Waals surface area contributed by atoms with Crippen LogP contribution in [0.4, 0.5) is 0 Å². The van der Waals surface area contributed by atoms with E-state index in [1.165, 1.54) is 50.2 Å². The molecule has 0 saturated heterocycles. The smallest absolute Gasteiger partial charge is 0.322 e. The highest BCUT2D eigenvalue weighted by Gasteiger charge is 2.48. The lowest BCUT2D eigenvalue weighted by atomic mass is 9.70. The minimum atomic E-state index is -1.82. The molecule has 2 aliphatic rings. The summed E-state index contributed by atoms with van der Waals surface area (Å²) >= 11 is 11.7. The second-order valence-electron chi connectivity index (χ2n) is 10.2. The van der Waals surface area contributed by atoms with Gasteiger partial charge in [-0.1, -0.05) is 42.8 Å². The van der Waals surface area contributed by atoms with E-state index in [4.69, 9.17) is 38.5 Å². The van der Waals surface area contributed by atoms with Crippen molar-refractivity contribution in [2.75, 3.05) is 13.1 Å². The van der Waals surface area contributed by atoms with Crippen LogP contribution in [-0.2, 0) is 34.8 Å². The van der Waals surface area contributed by atoms with Crippen molar-refractivity contribution in [1.82, 2.24) is 10.6 Å². The minimum absolute atomic E-state index is 0. The van der Waals surface area contributed by atoms with Crippen LogP contribution in [0, 0.1) is 22.7 Å². The van der Waals surface area contributed by atoms with E-state index in [2.05, 4.69) is 5.32 Å². The maximum atomic E-state index is 12.6. The molecular formula is C31H28Cl2N4O10. The number of halogens is 2. The van der Waals surface area contributed by atoms with Gasteiger partial charge in [-0.05, 0) is 49.2 Å². The van der Waals surface area contributed by atoms with Gasteiger partial charge in [-0.2, -0.15) is 10.5 Å². The zero-order valence-corrected chi connectivity index (χ0v) is 25.4. The Labute approximate surface area is 277 Å². The lowest BCUT2D eigenvalue weighted by Crippen LogP contribution is -2.43. The maximum Gasteiger partial charge on any atom is 0.322 e. The van der Waals surface area contributed by atoms with E-state index in [9.17, 15) is 44.7 Å². The number of benzene rings is 2. The number of nitriles is 2. The van der Waals surface area contributed by atoms with Gasteiger partial charge in [-0.15, -0.1) is 0 Å². The summed E-state index contributed by atoms with van der Waals surface area (Å²) in [5.41, 5.74) is -3.99. The van der Waals surface area contributed by atoms with Gasteiger partial charge in [0.1, 0.15) is 40.0 Å². The molecular weight excluding hydrogens is 659 g/mol. The van der Waals surface area contributed by atoms with Gasteiger partial charge in [0.05, 0.1) is 18.7 Å². The van der Waals surface area contributed by atoms with Gasteiger partial charge >= 0.3 is 5.97 Å². The third-order valence-corrected chi connectivity index (χ3v) is 7.60. The number of rotatable bonds is 6. The van der Waals surface area contributed by atoms with E-state index in [1.54, 1.807) is 0 Å². The fourth-order valence-corrected chi connectivity index (χ4v) is 5.03. The first-order valence-electron chi connectivity index (χ1n) is 13.0. The fourth-order valence-electron chi connectivity index (χ4n) is 4.69. The normalized spacial score (nSPS) is 19.6. The second kappa shape index (κ2) is 14.5. The van der Waals surface area contributed by atoms with Crippen molar-refractivity contribution in [2.24, 2.45) is 0 Å². The number of Topliss-reactive ketones (excluding diaryl/α,β-unsaturated/α-hetero) is 2. The zero-order chi connectivity index (χ0) is 34.7. The number of carbonyl (C=O) groups excluding carboxylic acids is 4. The van der Waals surface area contributed by atoms with E-state index in [0.29, 0.717) is 0 Å². The summed E-state index contributed by atoms with van der Waals surface area (Å²) in [5.74, 6) is -6.41. The number of aliphatic hydroxyl groups excluding tert-OH is 3. The van der Waals surface area contributed by atoms with Gasteiger partial charge in [0, 0.05) is 21.2 Å². The molecule has 246 valence electrons. The van der Waals surface area contributed by atoms with Crippen LogP contribution in [0.2, 0.25) is 10.0 Å². The van der Waals surface area contributed by atoms with Crippen molar-refractivity contribution in [3.05, 3.63) is 79.8 Å². The molecule has 0 unspecified atom stereocenters. The summed E-state index contributed by atoms with van der Waals surface area (Å²) < 4.78 is 0. The van der Waals surface area contributed by atoms with Crippen molar-refractivity contribution >= 4 is 64.1 Å². The Balaban J connectivity index is 0.000000320. The number of carboxylic acids is 1. The molecule has 0 bridgehead atoms. The predicted octanol–water partition coefficient (Wildman–Crippen LogP) is 2.21. The van der Waals surface area contributed by atoms with Gasteiger partial charge in [-0.25, -0.2) is 0 Å². The molecule has 0 spiro atoms. The largest absolute Gasteiger partial charge is 0.506 e. The van der Waals surface area contributed by atoms with Gasteiger partial charge in [-0.3, -0.25) is 24.0 Å². The molecule has 2 amide bonds. The van der Waals surface area contributed by atoms with Crippen LogP contribution in [0.3, 0.4) is 0 Å². The minimum Gasteiger partial charge on any atom is -0.506 e. The number of aliphatic hydroxyl groups is 4. The Morgan fingerprint density at radius 1 is 0.809 bits per heavy atom. The average Bonchev–Trinajstić information content (AvgIpc) is 3.01. The number of aliphatic carboxylic acids is 1. The zero-order valence-electron chi connectivity index (χ0n) is 23.9. The first-order valence-corrected chi connectivity index (χ1v) is 13.7. The number of nitrogens with zero attached hydrogens (tertiary/aromatic N) is 2. The summed E-state index contributed by atoms with van der Waals surface area (Å²) in [6, 6.07) is 12.2. The monoisotopic (exact) mass is 686 g/mol. The SMILES string of the molecule is C.C[C@@]1(C#N)C(=O)C(C(=O)NCC(O)O)=C(O)c2cc(Cl)ccc21.C[C@]1(C#N)C(=O)C(C(=O)NCC(=O)O)=C(O)c2cc(Cl)ccc21. The third kappa shape index (κ3) is 7.11. The van der Waals surface area contributed by atoms with Gasteiger partial charge in [0.15, 0.2) is 17.9 Å². The highest BCUT2D eigenvalue weighted by atomic mass is 35.5. The summed E-state index contributed by atoms with van der Waals surface area (Å²) in [4.78, 5) is 59.8. The molecule has 0 radical (unpaired) electrons. The molecule has 14 nitrogen and oxygen atoms in total. The first-order chi connectivity index (χ1) is 21.4. The molecule has 7 N–H and O–H groups in total. The number of carboxylic acid groups (broad SMARTS) is 1. The fraction of sp³-hybridized carbons (Fsp3) is 0.258. The Hall–Kier alpha value is -5.25. The highest BCUT2D eigenvalue weighted by molar-refractivity contribution is 6.33. The first kappa shape index (κ1) is 37.9. The van der Waals surface area contributed by atoms with Crippen molar-refractivity contribution < 1.29 is 49.5 Å². The van der Waals surface area contributed by atoms with Crippen LogP contribution in [0.25, 0.3) is 11.5 Å². The molecule has 0 fully saturated rings. The molecule has 0 aromatic heterocycles. The molecule has 0 saturated carbocycles. The van der Waals surface area contributed by atoms with Crippen LogP contribution in [0.15, 0.2) is 47.5 Å². The molecule has 2 aromatic carbocycles. The highest BCUT2D eigenvalue weighted by Crippen LogP contribution is 2.41. The molecule has 0 aliphatic heterocycles. The Morgan fingerprint density at radius 3 is 1.53 bits per heavy atom. The van der Waals surface area contributed by atoms with Crippen molar-refractivity contribution in [2.45, 2.75) is 38.4 Å². The number of hydrogen-bond acceptors (Lipinski definition) is 11. The van der Waals surface area contributed by atoms with Crippen LogP contribution in [-0.4, -0.2) is 74.3 Å². The quantitative estimate of drug-likeness (QED) is 0.170. The summed E-state index contributed by atoms with van der Waals surface area (Å²) in [7, 11) is 0. The van der Waals surface area contributed by atoms with Crippen molar-refractivity contribution in [3.63, 3.8) is 0 Å². The van der Waals surface area contributed by atoms with E-state index in [-0.39, 0.29) is 39.7 Å². The Morgan fingerprint density at radius 2 is 1.19 bits per heavy atom. The standard InChI is InChI=1S/C15H13ClN2O5.C15H11ClN2O5.CH4/c2*1-15(6-17)9-3-2-7(16)4-8(9)12(21)11(13(15)22)14(23)18-5-10(19)20;/h2-4,10,19-21H,5H2,1H3,(H,18,23);2-4,21H,5H2,1H3,(H,18,23)(H,19,20);1H4/t2*15-;/m01./s1. The van der Waals surface area contributed by atoms with Gasteiger partial charge < -0.3 is 36.2 Å². The molecule has 4 rings (SSSR count). The predicted molar refractivity (Wildman–Crippen MR) is 167 cm³/mol. The van der Waals surface area contributed by atoms with Crippen molar-refractivity contribution in [1.29, 1.82) is 10.5 Å². The molecule has 0 heterocycles.